The summed E-state index contributed by atoms with van der Waals surface area (Å²) < 4.78 is 26.2. The van der Waals surface area contributed by atoms with Crippen LogP contribution in [0.3, 0.4) is 0 Å². The van der Waals surface area contributed by atoms with Gasteiger partial charge in [0.2, 0.25) is 13.6 Å². The molecule has 2 aliphatic rings. The maximum atomic E-state index is 12.2. The van der Waals surface area contributed by atoms with Crippen LogP contribution in [0, 0.1) is 0 Å². The van der Waals surface area contributed by atoms with Gasteiger partial charge in [0.05, 0.1) is 0 Å². The number of benzene rings is 2. The molecule has 1 atom stereocenters. The average Bonchev–Trinajstić information content (AvgIpc) is 3.38. The van der Waals surface area contributed by atoms with Crippen LogP contribution in [-0.2, 0) is 20.9 Å². The molecule has 2 aliphatic heterocycles. The number of fused-ring (bicyclic) bond motifs is 2. The van der Waals surface area contributed by atoms with Crippen molar-refractivity contribution in [3.8, 4) is 23.0 Å². The number of amides is 1. The number of nitrogens with one attached hydrogen (secondary N) is 1. The van der Waals surface area contributed by atoms with Crippen LogP contribution in [0.2, 0.25) is 0 Å². The van der Waals surface area contributed by atoms with Crippen LogP contribution in [0.25, 0.3) is 6.08 Å². The van der Waals surface area contributed by atoms with Gasteiger partial charge in [-0.15, -0.1) is 0 Å². The van der Waals surface area contributed by atoms with Crippen LogP contribution in [0.15, 0.2) is 42.5 Å². The van der Waals surface area contributed by atoms with Gasteiger partial charge in [-0.05, 0) is 48.4 Å². The topological polar surface area (TPSA) is 92.3 Å². The zero-order valence-corrected chi connectivity index (χ0v) is 15.7. The largest absolute Gasteiger partial charge is 0.454 e. The molecule has 4 rings (SSSR count). The molecule has 2 aromatic carbocycles. The lowest BCUT2D eigenvalue weighted by molar-refractivity contribution is -0.150. The Bertz CT molecular complexity index is 969. The van der Waals surface area contributed by atoms with E-state index < -0.39 is 18.0 Å². The Morgan fingerprint density at radius 1 is 1.00 bits per heavy atom. The van der Waals surface area contributed by atoms with E-state index in [2.05, 4.69) is 5.32 Å². The summed E-state index contributed by atoms with van der Waals surface area (Å²) in [4.78, 5) is 24.2. The number of hydrogen-bond acceptors (Lipinski definition) is 7. The van der Waals surface area contributed by atoms with Crippen molar-refractivity contribution in [3.05, 3.63) is 53.6 Å². The maximum Gasteiger partial charge on any atom is 0.331 e. The van der Waals surface area contributed by atoms with Gasteiger partial charge in [-0.25, -0.2) is 4.79 Å². The maximum absolute atomic E-state index is 12.2. The van der Waals surface area contributed by atoms with Crippen LogP contribution in [0.1, 0.15) is 18.1 Å². The molecular weight excluding hydrogens is 378 g/mol. The summed E-state index contributed by atoms with van der Waals surface area (Å²) in [6.45, 7) is 2.17. The van der Waals surface area contributed by atoms with E-state index >= 15 is 0 Å². The van der Waals surface area contributed by atoms with Crippen LogP contribution < -0.4 is 24.3 Å². The molecule has 29 heavy (non-hydrogen) atoms. The Hall–Kier alpha value is -3.68. The number of ether oxygens (including phenoxy) is 5. The summed E-state index contributed by atoms with van der Waals surface area (Å²) in [5.74, 6) is 1.59. The number of rotatable bonds is 6. The van der Waals surface area contributed by atoms with E-state index in [1.165, 1.54) is 13.0 Å². The van der Waals surface area contributed by atoms with Gasteiger partial charge in [0.1, 0.15) is 0 Å². The molecule has 0 saturated carbocycles. The molecular formula is C21H19NO7. The fourth-order valence-corrected chi connectivity index (χ4v) is 2.83. The van der Waals surface area contributed by atoms with Gasteiger partial charge in [-0.1, -0.05) is 12.1 Å². The number of carbonyl (C=O) groups excluding carboxylic acids is 2. The molecule has 0 unspecified atom stereocenters. The molecule has 0 fully saturated rings. The van der Waals surface area contributed by atoms with Gasteiger partial charge in [-0.2, -0.15) is 0 Å². The monoisotopic (exact) mass is 397 g/mol. The van der Waals surface area contributed by atoms with Crippen LogP contribution >= 0.6 is 0 Å². The van der Waals surface area contributed by atoms with E-state index in [0.29, 0.717) is 23.0 Å². The lowest BCUT2D eigenvalue weighted by Crippen LogP contribution is -2.35. The Balaban J connectivity index is 1.26. The smallest absolute Gasteiger partial charge is 0.331 e. The molecule has 0 bridgehead atoms. The van der Waals surface area contributed by atoms with Crippen molar-refractivity contribution in [2.45, 2.75) is 19.6 Å². The Kier molecular flexibility index (Phi) is 5.24. The quantitative estimate of drug-likeness (QED) is 0.591. The van der Waals surface area contributed by atoms with E-state index in [1.807, 2.05) is 6.07 Å². The second-order valence-corrected chi connectivity index (χ2v) is 6.43. The molecule has 0 saturated heterocycles. The minimum Gasteiger partial charge on any atom is -0.454 e. The first-order chi connectivity index (χ1) is 14.1. The molecule has 1 N–H and O–H groups in total. The molecule has 0 radical (unpaired) electrons. The molecule has 0 aliphatic carbocycles. The third-order valence-corrected chi connectivity index (χ3v) is 4.37. The predicted octanol–water partition coefficient (Wildman–Crippen LogP) is 2.41. The van der Waals surface area contributed by atoms with Crippen molar-refractivity contribution in [1.29, 1.82) is 0 Å². The fourth-order valence-electron chi connectivity index (χ4n) is 2.83. The van der Waals surface area contributed by atoms with E-state index in [0.717, 1.165) is 11.1 Å². The van der Waals surface area contributed by atoms with Gasteiger partial charge in [0.15, 0.2) is 29.1 Å². The third kappa shape index (κ3) is 4.43. The van der Waals surface area contributed by atoms with Gasteiger partial charge in [-0.3, -0.25) is 4.79 Å². The molecule has 0 aromatic heterocycles. The second kappa shape index (κ2) is 8.14. The zero-order valence-electron chi connectivity index (χ0n) is 15.7. The van der Waals surface area contributed by atoms with Crippen molar-refractivity contribution >= 4 is 18.0 Å². The lowest BCUT2D eigenvalue weighted by atomic mass is 10.2. The van der Waals surface area contributed by atoms with Crippen molar-refractivity contribution in [2.24, 2.45) is 0 Å². The van der Waals surface area contributed by atoms with Crippen LogP contribution in [-0.4, -0.2) is 31.6 Å². The molecule has 2 heterocycles. The van der Waals surface area contributed by atoms with E-state index in [9.17, 15) is 9.59 Å². The van der Waals surface area contributed by atoms with Crippen molar-refractivity contribution in [2.75, 3.05) is 13.6 Å². The number of carbonyl (C=O) groups is 2. The van der Waals surface area contributed by atoms with Crippen molar-refractivity contribution in [3.63, 3.8) is 0 Å². The lowest BCUT2D eigenvalue weighted by Gasteiger charge is -2.12. The molecule has 1 amide bonds. The highest BCUT2D eigenvalue weighted by Gasteiger charge is 2.18. The molecule has 150 valence electrons. The third-order valence-electron chi connectivity index (χ3n) is 4.37. The van der Waals surface area contributed by atoms with E-state index in [4.69, 9.17) is 23.7 Å². The minimum atomic E-state index is -0.932. The highest BCUT2D eigenvalue weighted by molar-refractivity contribution is 5.90. The highest BCUT2D eigenvalue weighted by atomic mass is 16.7. The Labute approximate surface area is 167 Å². The first-order valence-electron chi connectivity index (χ1n) is 9.03. The van der Waals surface area contributed by atoms with Crippen molar-refractivity contribution < 1.29 is 33.3 Å². The summed E-state index contributed by atoms with van der Waals surface area (Å²) in [5.41, 5.74) is 1.61. The fraction of sp³-hybridized carbons (Fsp3) is 0.238. The predicted molar refractivity (Wildman–Crippen MR) is 102 cm³/mol. The van der Waals surface area contributed by atoms with Gasteiger partial charge in [0.25, 0.3) is 5.91 Å². The summed E-state index contributed by atoms with van der Waals surface area (Å²) in [5, 5.41) is 2.73. The minimum absolute atomic E-state index is 0.184. The summed E-state index contributed by atoms with van der Waals surface area (Å²) >= 11 is 0. The standard InChI is InChI=1S/C21H19NO7/c1-13(21(24)22-10-15-3-6-17-19(9-15)28-12-26-17)29-20(23)7-4-14-2-5-16-18(8-14)27-11-25-16/h2-9,13H,10-12H2,1H3,(H,22,24)/b7-4+/t13-/m1/s1. The number of esters is 1. The molecule has 8 heteroatoms. The summed E-state index contributed by atoms with van der Waals surface area (Å²) in [6, 6.07) is 10.7. The van der Waals surface area contributed by atoms with E-state index in [-0.39, 0.29) is 20.1 Å². The zero-order chi connectivity index (χ0) is 20.2. The van der Waals surface area contributed by atoms with Crippen LogP contribution in [0.4, 0.5) is 0 Å². The Morgan fingerprint density at radius 3 is 2.41 bits per heavy atom. The second-order valence-electron chi connectivity index (χ2n) is 6.43. The first-order valence-corrected chi connectivity index (χ1v) is 9.03. The van der Waals surface area contributed by atoms with Crippen LogP contribution in [0.5, 0.6) is 23.0 Å². The highest BCUT2D eigenvalue weighted by Crippen LogP contribution is 2.33. The van der Waals surface area contributed by atoms with Crippen molar-refractivity contribution in [1.82, 2.24) is 5.32 Å². The van der Waals surface area contributed by atoms with Gasteiger partial charge < -0.3 is 29.0 Å². The Morgan fingerprint density at radius 2 is 1.66 bits per heavy atom. The molecule has 2 aromatic rings. The molecule has 8 nitrogen and oxygen atoms in total. The van der Waals surface area contributed by atoms with Gasteiger partial charge >= 0.3 is 5.97 Å². The summed E-state index contributed by atoms with van der Waals surface area (Å²) in [7, 11) is 0. The number of hydrogen-bond donors (Lipinski definition) is 1. The molecule has 0 spiro atoms. The average molecular weight is 397 g/mol. The normalized spacial score (nSPS) is 14.7. The SMILES string of the molecule is C[C@@H](OC(=O)/C=C/c1ccc2c(c1)OCO2)C(=O)NCc1ccc2c(c1)OCO2. The summed E-state index contributed by atoms with van der Waals surface area (Å²) in [6.07, 6.45) is 1.92. The van der Waals surface area contributed by atoms with E-state index in [1.54, 1.807) is 36.4 Å². The first kappa shape index (κ1) is 18.7. The van der Waals surface area contributed by atoms with Gasteiger partial charge in [0, 0.05) is 12.6 Å².